The van der Waals surface area contributed by atoms with Crippen LogP contribution in [0.1, 0.15) is 30.7 Å². The average Bonchev–Trinajstić information content (AvgIpc) is 3.50. The van der Waals surface area contributed by atoms with Gasteiger partial charge in [0.1, 0.15) is 10.3 Å². The fraction of sp³-hybridized carbons (Fsp3) is 0.375. The third-order valence-corrected chi connectivity index (χ3v) is 9.87. The number of pyridine rings is 1. The number of hydrogen-bond acceptors (Lipinski definition) is 6. The number of piperidine rings is 1. The maximum atomic E-state index is 13.1. The zero-order valence-electron chi connectivity index (χ0n) is 18.9. The van der Waals surface area contributed by atoms with E-state index in [0.29, 0.717) is 37.5 Å². The number of carbonyl (C=O) groups excluding carboxylic acids is 2. The van der Waals surface area contributed by atoms with Gasteiger partial charge in [-0.1, -0.05) is 17.7 Å². The molecule has 11 heteroatoms. The fourth-order valence-corrected chi connectivity index (χ4v) is 7.51. The van der Waals surface area contributed by atoms with E-state index in [0.717, 1.165) is 33.4 Å². The lowest BCUT2D eigenvalue weighted by Gasteiger charge is -2.33. The molecule has 2 amide bonds. The predicted molar refractivity (Wildman–Crippen MR) is 135 cm³/mol. The van der Waals surface area contributed by atoms with Crippen molar-refractivity contribution in [2.45, 2.75) is 35.4 Å². The van der Waals surface area contributed by atoms with E-state index < -0.39 is 16.1 Å². The van der Waals surface area contributed by atoms with Gasteiger partial charge >= 0.3 is 0 Å². The molecule has 0 radical (unpaired) electrons. The predicted octanol–water partition coefficient (Wildman–Crippen LogP) is 3.24. The van der Waals surface area contributed by atoms with Crippen LogP contribution in [0.3, 0.4) is 0 Å². The van der Waals surface area contributed by atoms with Crippen LogP contribution in [0, 0.1) is 0 Å². The third-order valence-electron chi connectivity index (χ3n) is 6.57. The molecule has 2 atom stereocenters. The lowest BCUT2D eigenvalue weighted by molar-refractivity contribution is -0.142. The van der Waals surface area contributed by atoms with Gasteiger partial charge < -0.3 is 9.80 Å². The molecule has 1 aromatic carbocycles. The number of rotatable bonds is 6. The second-order valence-electron chi connectivity index (χ2n) is 8.94. The van der Waals surface area contributed by atoms with Crippen molar-refractivity contribution >= 4 is 54.9 Å². The van der Waals surface area contributed by atoms with Gasteiger partial charge in [-0.05, 0) is 60.5 Å². The average molecular weight is 533 g/mol. The smallest absolute Gasteiger partial charge is 0.250 e. The lowest BCUT2D eigenvalue weighted by atomic mass is 10.0. The molecule has 1 N–H and O–H groups in total. The molecular weight excluding hydrogens is 508 g/mol. The second kappa shape index (κ2) is 9.85. The highest BCUT2D eigenvalue weighted by Gasteiger charge is 2.35. The Hall–Kier alpha value is -2.53. The van der Waals surface area contributed by atoms with Crippen molar-refractivity contribution in [2.24, 2.45) is 0 Å². The zero-order valence-corrected chi connectivity index (χ0v) is 21.3. The van der Waals surface area contributed by atoms with Crippen LogP contribution in [0.4, 0.5) is 0 Å². The molecule has 0 aliphatic carbocycles. The van der Waals surface area contributed by atoms with Crippen molar-refractivity contribution in [3.05, 3.63) is 59.4 Å². The van der Waals surface area contributed by atoms with Gasteiger partial charge in [-0.15, -0.1) is 11.3 Å². The number of thiophene rings is 1. The summed E-state index contributed by atoms with van der Waals surface area (Å²) in [6.07, 6.45) is 5.42. The molecule has 2 saturated heterocycles. The van der Waals surface area contributed by atoms with E-state index in [1.807, 2.05) is 18.3 Å². The first-order valence-corrected chi connectivity index (χ1v) is 14.2. The Kier molecular flexibility index (Phi) is 6.80. The highest BCUT2D eigenvalue weighted by atomic mass is 35.5. The summed E-state index contributed by atoms with van der Waals surface area (Å²) >= 11 is 7.15. The number of aromatic nitrogens is 1. The molecule has 0 bridgehead atoms. The molecule has 0 spiro atoms. The van der Waals surface area contributed by atoms with Crippen LogP contribution in [0.25, 0.3) is 10.1 Å². The van der Waals surface area contributed by atoms with E-state index >= 15 is 0 Å². The molecule has 5 rings (SSSR count). The monoisotopic (exact) mass is 532 g/mol. The van der Waals surface area contributed by atoms with Crippen LogP contribution in [0.2, 0.25) is 5.02 Å². The van der Waals surface area contributed by atoms with Gasteiger partial charge in [0.05, 0.1) is 6.54 Å². The standard InChI is InChI=1S/C24H25ClN4O4S2/c25-19-5-6-21-18(11-19)12-23(34-21)35(32,33)27-20-4-2-9-29(24(20)31)15-22(30)28-10-7-17(14-28)16-3-1-8-26-13-16/h1,3,5-6,8,11-13,17,20,27H,2,4,7,9-10,14-15H2. The highest BCUT2D eigenvalue weighted by Crippen LogP contribution is 2.31. The number of hydrogen-bond donors (Lipinski definition) is 1. The van der Waals surface area contributed by atoms with Gasteiger partial charge in [-0.3, -0.25) is 14.6 Å². The van der Waals surface area contributed by atoms with E-state index in [1.54, 1.807) is 35.4 Å². The lowest BCUT2D eigenvalue weighted by Crippen LogP contribution is -2.54. The first-order chi connectivity index (χ1) is 16.8. The SMILES string of the molecule is O=C(CN1CCCC(NS(=O)(=O)c2cc3cc(Cl)ccc3s2)C1=O)N1CCC(c2cccnc2)C1. The van der Waals surface area contributed by atoms with E-state index in [9.17, 15) is 18.0 Å². The van der Waals surface area contributed by atoms with Gasteiger partial charge in [0.2, 0.25) is 11.8 Å². The molecule has 184 valence electrons. The summed E-state index contributed by atoms with van der Waals surface area (Å²) in [4.78, 5) is 33.5. The Morgan fingerprint density at radius 1 is 1.20 bits per heavy atom. The molecule has 2 unspecified atom stereocenters. The zero-order chi connectivity index (χ0) is 24.6. The van der Waals surface area contributed by atoms with Crippen LogP contribution in [-0.2, 0) is 19.6 Å². The van der Waals surface area contributed by atoms with Gasteiger partial charge in [0.25, 0.3) is 10.0 Å². The van der Waals surface area contributed by atoms with Crippen molar-refractivity contribution in [2.75, 3.05) is 26.2 Å². The van der Waals surface area contributed by atoms with Crippen LogP contribution in [-0.4, -0.2) is 67.2 Å². The first-order valence-electron chi connectivity index (χ1n) is 11.5. The molecule has 2 aromatic heterocycles. The van der Waals surface area contributed by atoms with Crippen molar-refractivity contribution in [1.82, 2.24) is 19.5 Å². The van der Waals surface area contributed by atoms with E-state index in [2.05, 4.69) is 9.71 Å². The second-order valence-corrected chi connectivity index (χ2v) is 12.4. The minimum atomic E-state index is -3.90. The molecule has 0 saturated carbocycles. The fourth-order valence-electron chi connectivity index (χ4n) is 4.71. The van der Waals surface area contributed by atoms with Crippen molar-refractivity contribution < 1.29 is 18.0 Å². The van der Waals surface area contributed by atoms with Gasteiger partial charge in [0.15, 0.2) is 0 Å². The Bertz CT molecular complexity index is 1360. The van der Waals surface area contributed by atoms with Crippen LogP contribution >= 0.6 is 22.9 Å². The minimum absolute atomic E-state index is 0.0434. The molecule has 35 heavy (non-hydrogen) atoms. The number of nitrogens with one attached hydrogen (secondary N) is 1. The number of likely N-dealkylation sites (tertiary alicyclic amines) is 2. The van der Waals surface area contributed by atoms with E-state index in [4.69, 9.17) is 11.6 Å². The Balaban J connectivity index is 1.22. The highest BCUT2D eigenvalue weighted by molar-refractivity contribution is 7.91. The summed E-state index contributed by atoms with van der Waals surface area (Å²) in [6.45, 7) is 1.62. The van der Waals surface area contributed by atoms with Crippen molar-refractivity contribution in [3.63, 3.8) is 0 Å². The molecule has 2 fully saturated rings. The normalized spacial score (nSPS) is 21.1. The first kappa shape index (κ1) is 24.2. The summed E-state index contributed by atoms with van der Waals surface area (Å²) in [7, 11) is -3.90. The number of sulfonamides is 1. The topological polar surface area (TPSA) is 99.7 Å². The Morgan fingerprint density at radius 2 is 2.06 bits per heavy atom. The summed E-state index contributed by atoms with van der Waals surface area (Å²) in [6, 6.07) is 9.78. The van der Waals surface area contributed by atoms with Crippen molar-refractivity contribution in [3.8, 4) is 0 Å². The molecule has 2 aliphatic rings. The van der Waals surface area contributed by atoms with E-state index in [1.165, 1.54) is 4.90 Å². The van der Waals surface area contributed by atoms with Crippen LogP contribution in [0.5, 0.6) is 0 Å². The van der Waals surface area contributed by atoms with Crippen molar-refractivity contribution in [1.29, 1.82) is 0 Å². The minimum Gasteiger partial charge on any atom is -0.341 e. The van der Waals surface area contributed by atoms with E-state index in [-0.39, 0.29) is 28.5 Å². The number of amides is 2. The largest absolute Gasteiger partial charge is 0.341 e. The number of carbonyl (C=O) groups is 2. The Labute approximate surface area is 212 Å². The molecule has 4 heterocycles. The molecular formula is C24H25ClN4O4S2. The summed E-state index contributed by atoms with van der Waals surface area (Å²) in [5, 5.41) is 1.26. The van der Waals surface area contributed by atoms with Gasteiger partial charge in [-0.2, -0.15) is 4.72 Å². The van der Waals surface area contributed by atoms with Gasteiger partial charge in [-0.25, -0.2) is 8.42 Å². The molecule has 3 aromatic rings. The molecule has 8 nitrogen and oxygen atoms in total. The number of benzene rings is 1. The Morgan fingerprint density at radius 3 is 2.86 bits per heavy atom. The summed E-state index contributed by atoms with van der Waals surface area (Å²) in [5.41, 5.74) is 1.11. The van der Waals surface area contributed by atoms with Gasteiger partial charge in [0, 0.05) is 47.7 Å². The quantitative estimate of drug-likeness (QED) is 0.525. The summed E-state index contributed by atoms with van der Waals surface area (Å²) < 4.78 is 29.5. The third kappa shape index (κ3) is 5.20. The van der Waals surface area contributed by atoms with Crippen LogP contribution in [0.15, 0.2) is 53.0 Å². The number of nitrogens with zero attached hydrogens (tertiary/aromatic N) is 3. The van der Waals surface area contributed by atoms with Crippen LogP contribution < -0.4 is 4.72 Å². The molecule has 2 aliphatic heterocycles. The maximum absolute atomic E-state index is 13.1. The summed E-state index contributed by atoms with van der Waals surface area (Å²) in [5.74, 6) is -0.240. The number of halogens is 1. The number of fused-ring (bicyclic) bond motifs is 1. The maximum Gasteiger partial charge on any atom is 0.250 e.